The van der Waals surface area contributed by atoms with Gasteiger partial charge in [-0.25, -0.2) is 0 Å². The first-order valence-corrected chi connectivity index (χ1v) is 7.21. The number of hydrogen-bond donors (Lipinski definition) is 2. The maximum absolute atomic E-state index is 12.3. The van der Waals surface area contributed by atoms with Gasteiger partial charge in [0, 0.05) is 13.1 Å². The molecule has 0 aliphatic carbocycles. The number of fused-ring (bicyclic) bond motifs is 2. The Morgan fingerprint density at radius 3 is 2.82 bits per heavy atom. The van der Waals surface area contributed by atoms with Gasteiger partial charge in [0.05, 0.1) is 13.2 Å². The highest BCUT2D eigenvalue weighted by molar-refractivity contribution is 5.86. The Kier molecular flexibility index (Phi) is 4.37. The molecule has 1 aromatic rings. The molecule has 2 saturated heterocycles. The summed E-state index contributed by atoms with van der Waals surface area (Å²) in [5, 5.41) is 11.3. The van der Waals surface area contributed by atoms with Crippen molar-refractivity contribution >= 4 is 11.8 Å². The van der Waals surface area contributed by atoms with E-state index in [2.05, 4.69) is 5.32 Å². The van der Waals surface area contributed by atoms with Gasteiger partial charge < -0.3 is 24.8 Å². The summed E-state index contributed by atoms with van der Waals surface area (Å²) in [6.45, 7) is 0.774. The maximum Gasteiger partial charge on any atom is 0.280 e. The molecule has 1 aromatic carbocycles. The minimum atomic E-state index is -1.02. The Bertz CT molecular complexity index is 550. The molecule has 2 bridgehead atoms. The number of aliphatic hydroxyl groups excluding tert-OH is 1. The molecule has 118 valence electrons. The zero-order valence-corrected chi connectivity index (χ0v) is 12.0. The molecule has 2 heterocycles. The number of nitrogens with zero attached hydrogens (tertiary/aromatic N) is 1. The van der Waals surface area contributed by atoms with E-state index < -0.39 is 18.5 Å². The van der Waals surface area contributed by atoms with Gasteiger partial charge >= 0.3 is 0 Å². The zero-order chi connectivity index (χ0) is 15.5. The molecule has 2 fully saturated rings. The van der Waals surface area contributed by atoms with Gasteiger partial charge in [0.15, 0.2) is 6.10 Å². The number of nitrogens with one attached hydrogen (secondary N) is 1. The van der Waals surface area contributed by atoms with Crippen LogP contribution < -0.4 is 5.32 Å². The van der Waals surface area contributed by atoms with Crippen molar-refractivity contribution in [2.75, 3.05) is 19.7 Å². The van der Waals surface area contributed by atoms with Gasteiger partial charge in [0.2, 0.25) is 6.29 Å². The first-order valence-electron chi connectivity index (χ1n) is 7.21. The van der Waals surface area contributed by atoms with Crippen molar-refractivity contribution in [3.8, 4) is 0 Å². The highest BCUT2D eigenvalue weighted by atomic mass is 16.7. The first-order chi connectivity index (χ1) is 10.7. The Morgan fingerprint density at radius 1 is 1.32 bits per heavy atom. The van der Waals surface area contributed by atoms with Gasteiger partial charge in [-0.2, -0.15) is 0 Å². The fraction of sp³-hybridized carbons (Fsp3) is 0.467. The van der Waals surface area contributed by atoms with Crippen LogP contribution in [-0.2, 0) is 25.6 Å². The quantitative estimate of drug-likeness (QED) is 0.747. The molecule has 7 nitrogen and oxygen atoms in total. The van der Waals surface area contributed by atoms with Crippen LogP contribution in [0.2, 0.25) is 0 Å². The molecule has 2 amide bonds. The molecule has 3 atom stereocenters. The molecule has 0 aromatic heterocycles. The maximum atomic E-state index is 12.3. The second-order valence-electron chi connectivity index (χ2n) is 5.28. The normalized spacial score (nSPS) is 27.0. The van der Waals surface area contributed by atoms with E-state index in [-0.39, 0.29) is 25.0 Å². The van der Waals surface area contributed by atoms with Gasteiger partial charge in [0.25, 0.3) is 11.8 Å². The van der Waals surface area contributed by atoms with Crippen LogP contribution in [0.25, 0.3) is 0 Å². The Balaban J connectivity index is 1.66. The fourth-order valence-corrected chi connectivity index (χ4v) is 2.65. The summed E-state index contributed by atoms with van der Waals surface area (Å²) in [5.74, 6) is -0.631. The van der Waals surface area contributed by atoms with E-state index >= 15 is 0 Å². The molecule has 0 spiro atoms. The number of aliphatic hydroxyl groups is 1. The molecule has 22 heavy (non-hydrogen) atoms. The summed E-state index contributed by atoms with van der Waals surface area (Å²) in [5.41, 5.74) is 1.01. The Hall–Kier alpha value is -1.96. The molecular formula is C15H18N2O5. The number of rotatable bonds is 5. The standard InChI is InChI=1S/C15H18N2O5/c18-7-6-16-13(19)12-11-9-17(14(20)15(21-11)22-12)8-10-4-2-1-3-5-10/h1-5,11-12,15,18H,6-9H2,(H,16,19)/t11-,12-,15+/m0/s1. The molecule has 0 unspecified atom stereocenters. The number of carbonyl (C=O) groups excluding carboxylic acids is 2. The third kappa shape index (κ3) is 2.96. The van der Waals surface area contributed by atoms with Crippen molar-refractivity contribution in [3.63, 3.8) is 0 Å². The minimum absolute atomic E-state index is 0.146. The van der Waals surface area contributed by atoms with Crippen LogP contribution in [0.5, 0.6) is 0 Å². The van der Waals surface area contributed by atoms with Gasteiger partial charge in [-0.15, -0.1) is 0 Å². The van der Waals surface area contributed by atoms with Crippen LogP contribution in [-0.4, -0.2) is 60.0 Å². The van der Waals surface area contributed by atoms with Crippen molar-refractivity contribution in [2.45, 2.75) is 25.0 Å². The van der Waals surface area contributed by atoms with Gasteiger partial charge in [0.1, 0.15) is 6.10 Å². The molecule has 0 saturated carbocycles. The number of morpholine rings is 1. The molecule has 0 radical (unpaired) electrons. The molecule has 3 rings (SSSR count). The smallest absolute Gasteiger partial charge is 0.280 e. The molecule has 2 N–H and O–H groups in total. The van der Waals surface area contributed by atoms with Gasteiger partial charge in [-0.3, -0.25) is 9.59 Å². The lowest BCUT2D eigenvalue weighted by Gasteiger charge is -2.30. The Morgan fingerprint density at radius 2 is 2.09 bits per heavy atom. The van der Waals surface area contributed by atoms with Crippen molar-refractivity contribution in [1.29, 1.82) is 0 Å². The summed E-state index contributed by atoms with van der Waals surface area (Å²) < 4.78 is 10.9. The summed E-state index contributed by atoms with van der Waals surface area (Å²) in [7, 11) is 0. The summed E-state index contributed by atoms with van der Waals surface area (Å²) in [6.07, 6.45) is -2.32. The summed E-state index contributed by atoms with van der Waals surface area (Å²) >= 11 is 0. The van der Waals surface area contributed by atoms with E-state index in [4.69, 9.17) is 14.6 Å². The predicted octanol–water partition coefficient (Wildman–Crippen LogP) is -0.753. The highest BCUT2D eigenvalue weighted by Crippen LogP contribution is 2.28. The number of carbonyl (C=O) groups is 2. The van der Waals surface area contributed by atoms with Crippen molar-refractivity contribution in [2.24, 2.45) is 0 Å². The van der Waals surface area contributed by atoms with Crippen LogP contribution in [0, 0.1) is 0 Å². The lowest BCUT2D eigenvalue weighted by Crippen LogP contribution is -2.49. The van der Waals surface area contributed by atoms with Crippen LogP contribution in [0.1, 0.15) is 5.56 Å². The van der Waals surface area contributed by atoms with Crippen LogP contribution in [0.15, 0.2) is 30.3 Å². The summed E-state index contributed by atoms with van der Waals surface area (Å²) in [4.78, 5) is 25.9. The topological polar surface area (TPSA) is 88.1 Å². The largest absolute Gasteiger partial charge is 0.395 e. The molecule has 7 heteroatoms. The second-order valence-corrected chi connectivity index (χ2v) is 5.28. The Labute approximate surface area is 127 Å². The van der Waals surface area contributed by atoms with E-state index in [9.17, 15) is 9.59 Å². The van der Waals surface area contributed by atoms with Crippen molar-refractivity contribution < 1.29 is 24.2 Å². The molecule has 2 aliphatic heterocycles. The third-order valence-electron chi connectivity index (χ3n) is 3.71. The molecule has 2 aliphatic rings. The van der Waals surface area contributed by atoms with E-state index in [0.29, 0.717) is 13.1 Å². The minimum Gasteiger partial charge on any atom is -0.395 e. The van der Waals surface area contributed by atoms with Crippen molar-refractivity contribution in [3.05, 3.63) is 35.9 Å². The SMILES string of the molecule is O=C(NCCO)[C@H]1O[C@H]2O[C@H]1CN(Cc1ccccc1)C2=O. The van der Waals surface area contributed by atoms with E-state index in [1.54, 1.807) is 4.90 Å². The number of amides is 2. The van der Waals surface area contributed by atoms with Crippen LogP contribution in [0.3, 0.4) is 0 Å². The fourth-order valence-electron chi connectivity index (χ4n) is 2.65. The monoisotopic (exact) mass is 306 g/mol. The summed E-state index contributed by atoms with van der Waals surface area (Å²) in [6, 6.07) is 9.62. The third-order valence-corrected chi connectivity index (χ3v) is 3.71. The van der Waals surface area contributed by atoms with E-state index in [1.807, 2.05) is 30.3 Å². The van der Waals surface area contributed by atoms with E-state index in [1.165, 1.54) is 0 Å². The lowest BCUT2D eigenvalue weighted by molar-refractivity contribution is -0.172. The number of ether oxygens (including phenoxy) is 2. The van der Waals surface area contributed by atoms with Crippen LogP contribution >= 0.6 is 0 Å². The number of hydrogen-bond acceptors (Lipinski definition) is 5. The van der Waals surface area contributed by atoms with E-state index in [0.717, 1.165) is 5.56 Å². The van der Waals surface area contributed by atoms with Crippen molar-refractivity contribution in [1.82, 2.24) is 10.2 Å². The average molecular weight is 306 g/mol. The zero-order valence-electron chi connectivity index (χ0n) is 12.0. The van der Waals surface area contributed by atoms with Crippen LogP contribution in [0.4, 0.5) is 0 Å². The predicted molar refractivity (Wildman–Crippen MR) is 75.5 cm³/mol. The highest BCUT2D eigenvalue weighted by Gasteiger charge is 2.50. The first kappa shape index (κ1) is 15.0. The number of benzene rings is 1. The average Bonchev–Trinajstić information content (AvgIpc) is 2.90. The van der Waals surface area contributed by atoms with Gasteiger partial charge in [-0.1, -0.05) is 30.3 Å². The lowest BCUT2D eigenvalue weighted by atomic mass is 10.1. The second kappa shape index (κ2) is 6.43. The molecular weight excluding hydrogens is 288 g/mol. The van der Waals surface area contributed by atoms with Gasteiger partial charge in [-0.05, 0) is 5.56 Å².